The minimum atomic E-state index is 0.662. The molecule has 0 amide bonds. The maximum absolute atomic E-state index is 3.32. The second-order valence-electron chi connectivity index (χ2n) is 5.18. The Morgan fingerprint density at radius 3 is 1.93 bits per heavy atom. The van der Waals surface area contributed by atoms with E-state index in [4.69, 9.17) is 0 Å². The topological polar surface area (TPSA) is 12.0 Å². The molecule has 3 atom stereocenters. The molecule has 0 fully saturated rings. The van der Waals surface area contributed by atoms with E-state index in [0.717, 1.165) is 17.8 Å². The Kier molecular flexibility index (Phi) is 7.26. The van der Waals surface area contributed by atoms with E-state index >= 15 is 0 Å². The second kappa shape index (κ2) is 7.28. The van der Waals surface area contributed by atoms with Gasteiger partial charge in [-0.1, -0.05) is 34.1 Å². The van der Waals surface area contributed by atoms with Crippen molar-refractivity contribution in [1.29, 1.82) is 0 Å². The molecule has 1 nitrogen and oxygen atoms in total. The first kappa shape index (κ1) is 14.0. The molecule has 0 aliphatic heterocycles. The molecule has 0 rings (SSSR count). The van der Waals surface area contributed by atoms with Crippen LogP contribution in [0.4, 0.5) is 0 Å². The third-order valence-corrected chi connectivity index (χ3v) is 3.42. The van der Waals surface area contributed by atoms with Crippen LogP contribution in [0.2, 0.25) is 0 Å². The minimum Gasteiger partial charge on any atom is -0.317 e. The van der Waals surface area contributed by atoms with Crippen LogP contribution in [0.5, 0.6) is 0 Å². The molecule has 0 aromatic rings. The summed E-state index contributed by atoms with van der Waals surface area (Å²) in [4.78, 5) is 0. The lowest BCUT2D eigenvalue weighted by Gasteiger charge is -2.24. The van der Waals surface area contributed by atoms with Crippen molar-refractivity contribution in [3.8, 4) is 0 Å². The molecule has 0 spiro atoms. The van der Waals surface area contributed by atoms with Crippen LogP contribution in [-0.2, 0) is 0 Å². The van der Waals surface area contributed by atoms with Crippen LogP contribution in [0.25, 0.3) is 0 Å². The van der Waals surface area contributed by atoms with Gasteiger partial charge in [-0.25, -0.2) is 0 Å². The summed E-state index contributed by atoms with van der Waals surface area (Å²) in [6, 6.07) is 0.662. The van der Waals surface area contributed by atoms with Crippen molar-refractivity contribution < 1.29 is 0 Å². The van der Waals surface area contributed by atoms with E-state index in [1.807, 2.05) is 0 Å². The molecule has 86 valence electrons. The van der Waals surface area contributed by atoms with E-state index in [1.165, 1.54) is 19.3 Å². The molecule has 0 heterocycles. The molecule has 0 saturated heterocycles. The van der Waals surface area contributed by atoms with Gasteiger partial charge >= 0.3 is 0 Å². The Morgan fingerprint density at radius 2 is 1.57 bits per heavy atom. The molecule has 0 aliphatic carbocycles. The summed E-state index contributed by atoms with van der Waals surface area (Å²) < 4.78 is 0. The van der Waals surface area contributed by atoms with Gasteiger partial charge in [-0.3, -0.25) is 0 Å². The number of rotatable bonds is 7. The zero-order valence-electron chi connectivity index (χ0n) is 10.9. The van der Waals surface area contributed by atoms with Crippen LogP contribution in [0.3, 0.4) is 0 Å². The van der Waals surface area contributed by atoms with Gasteiger partial charge < -0.3 is 5.32 Å². The van der Waals surface area contributed by atoms with Crippen molar-refractivity contribution in [2.45, 2.75) is 59.9 Å². The molecule has 0 aromatic carbocycles. The number of hydrogen-bond donors (Lipinski definition) is 1. The van der Waals surface area contributed by atoms with Gasteiger partial charge in [0, 0.05) is 6.04 Å². The fourth-order valence-corrected chi connectivity index (χ4v) is 2.24. The van der Waals surface area contributed by atoms with Crippen LogP contribution in [0, 0.1) is 17.8 Å². The predicted molar refractivity (Wildman–Crippen MR) is 65.5 cm³/mol. The highest BCUT2D eigenvalue weighted by atomic mass is 14.8. The maximum atomic E-state index is 3.32. The second-order valence-corrected chi connectivity index (χ2v) is 5.18. The summed E-state index contributed by atoms with van der Waals surface area (Å²) in [6.07, 6.45) is 4.02. The summed E-state index contributed by atoms with van der Waals surface area (Å²) in [5.41, 5.74) is 0. The van der Waals surface area contributed by atoms with Gasteiger partial charge in [0.1, 0.15) is 0 Å². The average Bonchev–Trinajstić information content (AvgIpc) is 2.13. The Balaban J connectivity index is 3.84. The molecule has 14 heavy (non-hydrogen) atoms. The van der Waals surface area contributed by atoms with Crippen LogP contribution in [0.1, 0.15) is 53.9 Å². The molecule has 0 saturated carbocycles. The lowest BCUT2D eigenvalue weighted by atomic mass is 9.83. The Labute approximate surface area is 90.7 Å². The standard InChI is InChI=1S/C13H29N/c1-7-13(10(2)3)9-11(4)8-12(5)14-6/h10-14H,7-9H2,1-6H3. The Bertz CT molecular complexity index is 131. The fraction of sp³-hybridized carbons (Fsp3) is 1.00. The highest BCUT2D eigenvalue weighted by Crippen LogP contribution is 2.25. The van der Waals surface area contributed by atoms with Gasteiger partial charge in [0.15, 0.2) is 0 Å². The van der Waals surface area contributed by atoms with Gasteiger partial charge in [-0.05, 0) is 44.6 Å². The van der Waals surface area contributed by atoms with Gasteiger partial charge in [-0.15, -0.1) is 0 Å². The lowest BCUT2D eigenvalue weighted by molar-refractivity contribution is 0.278. The molecule has 0 aliphatic rings. The smallest absolute Gasteiger partial charge is 0.00382 e. The first-order chi connectivity index (χ1) is 6.51. The van der Waals surface area contributed by atoms with Gasteiger partial charge in [0.05, 0.1) is 0 Å². The molecule has 3 unspecified atom stereocenters. The Hall–Kier alpha value is -0.0400. The quantitative estimate of drug-likeness (QED) is 0.659. The molecule has 1 heteroatoms. The molecule has 0 radical (unpaired) electrons. The monoisotopic (exact) mass is 199 g/mol. The van der Waals surface area contributed by atoms with E-state index in [1.54, 1.807) is 0 Å². The van der Waals surface area contributed by atoms with E-state index in [2.05, 4.69) is 47.0 Å². The van der Waals surface area contributed by atoms with E-state index < -0.39 is 0 Å². The third kappa shape index (κ3) is 5.64. The van der Waals surface area contributed by atoms with Crippen molar-refractivity contribution in [1.82, 2.24) is 5.32 Å². The largest absolute Gasteiger partial charge is 0.317 e. The van der Waals surface area contributed by atoms with Gasteiger partial charge in [-0.2, -0.15) is 0 Å². The fourth-order valence-electron chi connectivity index (χ4n) is 2.24. The minimum absolute atomic E-state index is 0.662. The zero-order chi connectivity index (χ0) is 11.1. The summed E-state index contributed by atoms with van der Waals surface area (Å²) in [7, 11) is 2.05. The van der Waals surface area contributed by atoms with Crippen LogP contribution in [0.15, 0.2) is 0 Å². The summed E-state index contributed by atoms with van der Waals surface area (Å²) in [6.45, 7) is 11.7. The highest BCUT2D eigenvalue weighted by Gasteiger charge is 2.16. The average molecular weight is 199 g/mol. The molecule has 0 bridgehead atoms. The van der Waals surface area contributed by atoms with Crippen LogP contribution >= 0.6 is 0 Å². The third-order valence-electron chi connectivity index (χ3n) is 3.42. The summed E-state index contributed by atoms with van der Waals surface area (Å²) in [5, 5.41) is 3.32. The SMILES string of the molecule is CCC(CC(C)CC(C)NC)C(C)C. The molecular weight excluding hydrogens is 170 g/mol. The van der Waals surface area contributed by atoms with Crippen molar-refractivity contribution >= 4 is 0 Å². The van der Waals surface area contributed by atoms with Crippen molar-refractivity contribution in [3.05, 3.63) is 0 Å². The number of hydrogen-bond acceptors (Lipinski definition) is 1. The van der Waals surface area contributed by atoms with Gasteiger partial charge in [0.25, 0.3) is 0 Å². The Morgan fingerprint density at radius 1 is 1.00 bits per heavy atom. The number of nitrogens with one attached hydrogen (secondary N) is 1. The molecule has 1 N–H and O–H groups in total. The van der Waals surface area contributed by atoms with Crippen LogP contribution in [-0.4, -0.2) is 13.1 Å². The van der Waals surface area contributed by atoms with E-state index in [-0.39, 0.29) is 0 Å². The van der Waals surface area contributed by atoms with Crippen molar-refractivity contribution in [3.63, 3.8) is 0 Å². The predicted octanol–water partition coefficient (Wildman–Crippen LogP) is 3.69. The molecule has 0 aromatic heterocycles. The first-order valence-electron chi connectivity index (χ1n) is 6.18. The summed E-state index contributed by atoms with van der Waals surface area (Å²) >= 11 is 0. The van der Waals surface area contributed by atoms with E-state index in [9.17, 15) is 0 Å². The maximum Gasteiger partial charge on any atom is 0.00382 e. The van der Waals surface area contributed by atoms with Crippen molar-refractivity contribution in [2.75, 3.05) is 7.05 Å². The van der Waals surface area contributed by atoms with Crippen LogP contribution < -0.4 is 5.32 Å². The van der Waals surface area contributed by atoms with E-state index in [0.29, 0.717) is 6.04 Å². The zero-order valence-corrected chi connectivity index (χ0v) is 10.9. The van der Waals surface area contributed by atoms with Gasteiger partial charge in [0.2, 0.25) is 0 Å². The first-order valence-corrected chi connectivity index (χ1v) is 6.18. The summed E-state index contributed by atoms with van der Waals surface area (Å²) in [5.74, 6) is 2.60. The normalized spacial score (nSPS) is 18.2. The lowest BCUT2D eigenvalue weighted by Crippen LogP contribution is -2.24. The van der Waals surface area contributed by atoms with Crippen molar-refractivity contribution in [2.24, 2.45) is 17.8 Å². The molecular formula is C13H29N. The highest BCUT2D eigenvalue weighted by molar-refractivity contribution is 4.69.